The third kappa shape index (κ3) is 3.73. The lowest BCUT2D eigenvalue weighted by molar-refractivity contribution is -0.156. The highest BCUT2D eigenvalue weighted by Gasteiger charge is 2.30. The van der Waals surface area contributed by atoms with Crippen LogP contribution >= 0.6 is 0 Å². The number of hydrogen-bond acceptors (Lipinski definition) is 4. The first-order valence-electron chi connectivity index (χ1n) is 10.3. The van der Waals surface area contributed by atoms with Crippen LogP contribution in [0, 0.1) is 5.82 Å². The quantitative estimate of drug-likeness (QED) is 0.623. The summed E-state index contributed by atoms with van der Waals surface area (Å²) in [6.45, 7) is 0. The molecular weight excluding hydrogens is 381 g/mol. The number of pyridine rings is 1. The number of halogens is 1. The first-order valence-corrected chi connectivity index (χ1v) is 10.3. The van der Waals surface area contributed by atoms with Gasteiger partial charge < -0.3 is 9.84 Å². The van der Waals surface area contributed by atoms with E-state index in [2.05, 4.69) is 0 Å². The summed E-state index contributed by atoms with van der Waals surface area (Å²) in [5.41, 5.74) is 4.82. The zero-order valence-corrected chi connectivity index (χ0v) is 16.4. The largest absolute Gasteiger partial charge is 0.458 e. The highest BCUT2D eigenvalue weighted by Crippen LogP contribution is 2.45. The van der Waals surface area contributed by atoms with Gasteiger partial charge in [0.15, 0.2) is 0 Å². The fourth-order valence-corrected chi connectivity index (χ4v) is 4.14. The molecule has 2 aromatic carbocycles. The van der Waals surface area contributed by atoms with Gasteiger partial charge in [-0.3, -0.25) is 9.78 Å². The van der Waals surface area contributed by atoms with Crippen molar-refractivity contribution >= 4 is 22.9 Å². The number of aliphatic hydroxyl groups excluding tert-OH is 1. The summed E-state index contributed by atoms with van der Waals surface area (Å²) >= 11 is 0. The third-order valence-corrected chi connectivity index (χ3v) is 5.72. The highest BCUT2D eigenvalue weighted by atomic mass is 19.1. The van der Waals surface area contributed by atoms with E-state index in [-0.39, 0.29) is 18.2 Å². The third-order valence-electron chi connectivity index (χ3n) is 5.72. The van der Waals surface area contributed by atoms with Gasteiger partial charge in [0.25, 0.3) is 0 Å². The highest BCUT2D eigenvalue weighted by molar-refractivity contribution is 5.99. The van der Waals surface area contributed by atoms with Crippen LogP contribution in [-0.2, 0) is 9.53 Å². The van der Waals surface area contributed by atoms with Gasteiger partial charge in [0, 0.05) is 28.9 Å². The van der Waals surface area contributed by atoms with Gasteiger partial charge in [-0.05, 0) is 42.7 Å². The Morgan fingerprint density at radius 1 is 1.10 bits per heavy atom. The molecule has 152 valence electrons. The SMILES string of the molecule is O=C1C[C@@H](O)C[C@H](/C=C/c2c(C3CC3)nc3ccccc3c2-c2ccc(F)cc2)O1. The van der Waals surface area contributed by atoms with E-state index in [1.807, 2.05) is 36.4 Å². The van der Waals surface area contributed by atoms with Gasteiger partial charge in [-0.1, -0.05) is 36.4 Å². The van der Waals surface area contributed by atoms with Crippen molar-refractivity contribution in [2.24, 2.45) is 0 Å². The number of rotatable bonds is 4. The van der Waals surface area contributed by atoms with Gasteiger partial charge >= 0.3 is 5.97 Å². The number of esters is 1. The number of nitrogens with zero attached hydrogens (tertiary/aromatic N) is 1. The van der Waals surface area contributed by atoms with Crippen LogP contribution in [0.25, 0.3) is 28.1 Å². The lowest BCUT2D eigenvalue weighted by Crippen LogP contribution is -2.31. The maximum absolute atomic E-state index is 13.6. The Hall–Kier alpha value is -3.05. The van der Waals surface area contributed by atoms with Crippen LogP contribution in [0.3, 0.4) is 0 Å². The molecule has 0 bridgehead atoms. The second kappa shape index (κ2) is 7.65. The molecule has 0 spiro atoms. The summed E-state index contributed by atoms with van der Waals surface area (Å²) in [4.78, 5) is 16.7. The monoisotopic (exact) mass is 403 g/mol. The van der Waals surface area contributed by atoms with E-state index in [0.29, 0.717) is 12.3 Å². The molecule has 5 rings (SSSR count). The van der Waals surface area contributed by atoms with Gasteiger partial charge in [-0.15, -0.1) is 0 Å². The first-order chi connectivity index (χ1) is 14.6. The van der Waals surface area contributed by atoms with Crippen LogP contribution in [0.15, 0.2) is 54.6 Å². The van der Waals surface area contributed by atoms with Crippen molar-refractivity contribution in [2.45, 2.75) is 43.8 Å². The molecule has 4 nitrogen and oxygen atoms in total. The average molecular weight is 403 g/mol. The summed E-state index contributed by atoms with van der Waals surface area (Å²) in [5, 5.41) is 10.9. The van der Waals surface area contributed by atoms with Crippen LogP contribution in [0.1, 0.15) is 42.9 Å². The number of hydrogen-bond donors (Lipinski definition) is 1. The fourth-order valence-electron chi connectivity index (χ4n) is 4.14. The maximum Gasteiger partial charge on any atom is 0.309 e. The summed E-state index contributed by atoms with van der Waals surface area (Å²) < 4.78 is 19.0. The lowest BCUT2D eigenvalue weighted by Gasteiger charge is -2.23. The van der Waals surface area contributed by atoms with E-state index in [1.54, 1.807) is 12.1 Å². The number of para-hydroxylation sites is 1. The summed E-state index contributed by atoms with van der Waals surface area (Å²) in [6.07, 6.45) is 5.24. The number of ether oxygens (including phenoxy) is 1. The molecule has 1 aromatic heterocycles. The van der Waals surface area contributed by atoms with Crippen LogP contribution in [-0.4, -0.2) is 28.3 Å². The molecule has 30 heavy (non-hydrogen) atoms. The second-order valence-corrected chi connectivity index (χ2v) is 8.07. The molecule has 1 N–H and O–H groups in total. The van der Waals surface area contributed by atoms with Crippen molar-refractivity contribution in [1.82, 2.24) is 4.98 Å². The summed E-state index contributed by atoms with van der Waals surface area (Å²) in [6, 6.07) is 14.5. The molecule has 2 aliphatic rings. The maximum atomic E-state index is 13.6. The molecule has 2 fully saturated rings. The fraction of sp³-hybridized carbons (Fsp3) is 0.280. The van der Waals surface area contributed by atoms with Crippen molar-refractivity contribution in [3.05, 3.63) is 71.7 Å². The molecule has 1 aliphatic heterocycles. The van der Waals surface area contributed by atoms with E-state index >= 15 is 0 Å². The number of cyclic esters (lactones) is 1. The molecule has 3 aromatic rings. The smallest absolute Gasteiger partial charge is 0.309 e. The number of benzene rings is 2. The normalized spacial score (nSPS) is 21.9. The van der Waals surface area contributed by atoms with Crippen molar-refractivity contribution in [3.63, 3.8) is 0 Å². The van der Waals surface area contributed by atoms with E-state index in [0.717, 1.165) is 46.1 Å². The predicted octanol–water partition coefficient (Wildman–Crippen LogP) is 5.00. The van der Waals surface area contributed by atoms with Crippen LogP contribution < -0.4 is 0 Å². The zero-order valence-electron chi connectivity index (χ0n) is 16.4. The minimum absolute atomic E-state index is 0.0377. The zero-order chi connectivity index (χ0) is 20.7. The molecule has 5 heteroatoms. The van der Waals surface area contributed by atoms with Gasteiger partial charge in [0.2, 0.25) is 0 Å². The summed E-state index contributed by atoms with van der Waals surface area (Å²) in [7, 11) is 0. The van der Waals surface area contributed by atoms with Crippen molar-refractivity contribution < 1.29 is 19.0 Å². The van der Waals surface area contributed by atoms with E-state index in [9.17, 15) is 14.3 Å². The Morgan fingerprint density at radius 2 is 1.87 bits per heavy atom. The summed E-state index contributed by atoms with van der Waals surface area (Å²) in [5.74, 6) is -0.270. The van der Waals surface area contributed by atoms with Crippen molar-refractivity contribution in [2.75, 3.05) is 0 Å². The number of carbonyl (C=O) groups excluding carboxylic acids is 1. The molecule has 1 aliphatic carbocycles. The van der Waals surface area contributed by atoms with Gasteiger partial charge in [-0.2, -0.15) is 0 Å². The Bertz CT molecular complexity index is 1140. The Morgan fingerprint density at radius 3 is 2.60 bits per heavy atom. The van der Waals surface area contributed by atoms with Crippen LogP contribution in [0.4, 0.5) is 4.39 Å². The molecule has 0 unspecified atom stereocenters. The molecule has 2 atom stereocenters. The minimum atomic E-state index is -0.685. The number of aliphatic hydroxyl groups is 1. The van der Waals surface area contributed by atoms with E-state index in [1.165, 1.54) is 12.1 Å². The number of carbonyl (C=O) groups is 1. The average Bonchev–Trinajstić information content (AvgIpc) is 3.57. The molecule has 2 heterocycles. The van der Waals surface area contributed by atoms with Crippen molar-refractivity contribution in [3.8, 4) is 11.1 Å². The topological polar surface area (TPSA) is 59.4 Å². The molecule has 1 saturated heterocycles. The van der Waals surface area contributed by atoms with Crippen molar-refractivity contribution in [1.29, 1.82) is 0 Å². The molecular formula is C25H22FNO3. The van der Waals surface area contributed by atoms with Gasteiger partial charge in [0.05, 0.1) is 23.7 Å². The lowest BCUT2D eigenvalue weighted by atomic mass is 9.92. The van der Waals surface area contributed by atoms with Crippen LogP contribution in [0.5, 0.6) is 0 Å². The van der Waals surface area contributed by atoms with Gasteiger partial charge in [0.1, 0.15) is 11.9 Å². The predicted molar refractivity (Wildman–Crippen MR) is 113 cm³/mol. The van der Waals surface area contributed by atoms with Gasteiger partial charge in [-0.25, -0.2) is 4.39 Å². The van der Waals surface area contributed by atoms with Crippen LogP contribution in [0.2, 0.25) is 0 Å². The van der Waals surface area contributed by atoms with E-state index < -0.39 is 12.2 Å². The Labute approximate surface area is 174 Å². The minimum Gasteiger partial charge on any atom is -0.458 e. The number of aromatic nitrogens is 1. The number of fused-ring (bicyclic) bond motifs is 1. The van der Waals surface area contributed by atoms with E-state index in [4.69, 9.17) is 9.72 Å². The standard InChI is InChI=1S/C25H22FNO3/c26-17-9-7-15(8-10-17)24-20-3-1-2-4-22(20)27-25(16-5-6-16)21(24)12-11-19-13-18(28)14-23(29)30-19/h1-4,7-12,16,18-19,28H,5-6,13-14H2/b12-11+/t18-,19-/m0/s1. The molecule has 0 radical (unpaired) electrons. The molecule has 0 amide bonds. The Balaban J connectivity index is 1.68. The second-order valence-electron chi connectivity index (χ2n) is 8.07. The first kappa shape index (κ1) is 18.9. The molecule has 1 saturated carbocycles. The Kier molecular flexibility index (Phi) is 4.83.